The van der Waals surface area contributed by atoms with Crippen LogP contribution in [-0.2, 0) is 22.4 Å². The molecule has 0 radical (unpaired) electrons. The number of aliphatic hydroxyl groups is 1. The van der Waals surface area contributed by atoms with Crippen LogP contribution in [0.2, 0.25) is 0 Å². The summed E-state index contributed by atoms with van der Waals surface area (Å²) in [4.78, 5) is 23.7. The summed E-state index contributed by atoms with van der Waals surface area (Å²) >= 11 is 3.32. The van der Waals surface area contributed by atoms with E-state index in [2.05, 4.69) is 21.2 Å². The Morgan fingerprint density at radius 1 is 1.04 bits per heavy atom. The summed E-state index contributed by atoms with van der Waals surface area (Å²) in [6.45, 7) is 0. The fraction of sp³-hybridized carbons (Fsp3) is 0.263. The first kappa shape index (κ1) is 20.1. The molecular weight excluding hydrogens is 400 g/mol. The van der Waals surface area contributed by atoms with E-state index in [0.29, 0.717) is 6.42 Å². The number of nitrogens with two attached hydrogens (primary N) is 1. The Morgan fingerprint density at radius 3 is 2.31 bits per heavy atom. The Bertz CT molecular complexity index is 754. The van der Waals surface area contributed by atoms with Crippen molar-refractivity contribution >= 4 is 27.8 Å². The smallest absolute Gasteiger partial charge is 0.326 e. The number of carboxylic acids is 1. The number of rotatable bonds is 8. The highest BCUT2D eigenvalue weighted by Crippen LogP contribution is 2.13. The van der Waals surface area contributed by atoms with E-state index in [0.717, 1.165) is 15.6 Å². The van der Waals surface area contributed by atoms with Crippen LogP contribution in [0.5, 0.6) is 0 Å². The lowest BCUT2D eigenvalue weighted by Gasteiger charge is -2.21. The lowest BCUT2D eigenvalue weighted by molar-refractivity contribution is -0.143. The average molecular weight is 421 g/mol. The van der Waals surface area contributed by atoms with E-state index in [9.17, 15) is 19.8 Å². The van der Waals surface area contributed by atoms with Crippen molar-refractivity contribution < 1.29 is 19.8 Å². The summed E-state index contributed by atoms with van der Waals surface area (Å²) in [6.07, 6.45) is -1.10. The lowest BCUT2D eigenvalue weighted by atomic mass is 10.0. The molecule has 0 saturated heterocycles. The van der Waals surface area contributed by atoms with Gasteiger partial charge in [0.2, 0.25) is 0 Å². The number of benzene rings is 2. The number of nitrogens with one attached hydrogen (secondary N) is 1. The van der Waals surface area contributed by atoms with E-state index in [1.165, 1.54) is 0 Å². The summed E-state index contributed by atoms with van der Waals surface area (Å²) in [6, 6.07) is 14.4. The second-order valence-corrected chi connectivity index (χ2v) is 6.95. The van der Waals surface area contributed by atoms with Crippen LogP contribution in [-0.4, -0.2) is 40.3 Å². The number of hydrogen-bond acceptors (Lipinski definition) is 4. The molecule has 2 rings (SSSR count). The van der Waals surface area contributed by atoms with Gasteiger partial charge in [0.25, 0.3) is 5.91 Å². The van der Waals surface area contributed by atoms with Gasteiger partial charge in [0.15, 0.2) is 0 Å². The molecule has 6 nitrogen and oxygen atoms in total. The number of halogens is 1. The molecule has 5 N–H and O–H groups in total. The molecule has 0 saturated carbocycles. The molecule has 0 fully saturated rings. The number of carbonyl (C=O) groups is 2. The standard InChI is InChI=1S/C19H21BrN2O4/c20-14-8-4-7-13(9-14)11-16(19(25)26)22-18(24)17(23)15(21)10-12-5-2-1-3-6-12/h1-9,15-17,23H,10-11,21H2,(H,22,24)(H,25,26)/t15-,16+,17+/m1/s1. The maximum atomic E-state index is 12.2. The summed E-state index contributed by atoms with van der Waals surface area (Å²) in [5.74, 6) is -1.97. The van der Waals surface area contributed by atoms with Gasteiger partial charge in [0.1, 0.15) is 12.1 Å². The van der Waals surface area contributed by atoms with Crippen molar-refractivity contribution in [3.8, 4) is 0 Å². The van der Waals surface area contributed by atoms with E-state index in [4.69, 9.17) is 5.73 Å². The van der Waals surface area contributed by atoms with Crippen LogP contribution in [0.1, 0.15) is 11.1 Å². The molecule has 7 heteroatoms. The fourth-order valence-corrected chi connectivity index (χ4v) is 3.00. The molecule has 0 bridgehead atoms. The van der Waals surface area contributed by atoms with Gasteiger partial charge >= 0.3 is 5.97 Å². The molecule has 0 unspecified atom stereocenters. The third-order valence-corrected chi connectivity index (χ3v) is 4.43. The van der Waals surface area contributed by atoms with E-state index >= 15 is 0 Å². The number of carboxylic acid groups (broad SMARTS) is 1. The minimum absolute atomic E-state index is 0.0984. The van der Waals surface area contributed by atoms with E-state index in [1.54, 1.807) is 18.2 Å². The number of carbonyl (C=O) groups excluding carboxylic acids is 1. The Kier molecular flexibility index (Phi) is 7.32. The van der Waals surface area contributed by atoms with Crippen LogP contribution in [0.3, 0.4) is 0 Å². The molecule has 26 heavy (non-hydrogen) atoms. The molecule has 138 valence electrons. The third-order valence-electron chi connectivity index (χ3n) is 3.93. The topological polar surface area (TPSA) is 113 Å². The van der Waals surface area contributed by atoms with Gasteiger partial charge < -0.3 is 21.3 Å². The molecule has 0 aromatic heterocycles. The maximum absolute atomic E-state index is 12.2. The molecule has 1 amide bonds. The van der Waals surface area contributed by atoms with Crippen molar-refractivity contribution in [2.24, 2.45) is 5.73 Å². The molecule has 0 aliphatic heterocycles. The number of aliphatic hydroxyl groups excluding tert-OH is 1. The molecule has 0 spiro atoms. The Hall–Kier alpha value is -2.22. The van der Waals surface area contributed by atoms with Crippen LogP contribution >= 0.6 is 15.9 Å². The zero-order chi connectivity index (χ0) is 19.1. The van der Waals surface area contributed by atoms with Crippen molar-refractivity contribution in [3.63, 3.8) is 0 Å². The second kappa shape index (κ2) is 9.47. The minimum atomic E-state index is -1.50. The number of hydrogen-bond donors (Lipinski definition) is 4. The highest BCUT2D eigenvalue weighted by atomic mass is 79.9. The van der Waals surface area contributed by atoms with Gasteiger partial charge in [-0.3, -0.25) is 4.79 Å². The first-order valence-electron chi connectivity index (χ1n) is 8.12. The van der Waals surface area contributed by atoms with Crippen molar-refractivity contribution in [2.45, 2.75) is 31.0 Å². The van der Waals surface area contributed by atoms with Gasteiger partial charge in [-0.1, -0.05) is 58.4 Å². The predicted octanol–water partition coefficient (Wildman–Crippen LogP) is 1.49. The first-order chi connectivity index (χ1) is 12.4. The zero-order valence-electron chi connectivity index (χ0n) is 14.0. The zero-order valence-corrected chi connectivity index (χ0v) is 15.6. The summed E-state index contributed by atoms with van der Waals surface area (Å²) < 4.78 is 0.815. The maximum Gasteiger partial charge on any atom is 0.326 e. The normalized spacial score (nSPS) is 14.3. The highest BCUT2D eigenvalue weighted by Gasteiger charge is 2.28. The Morgan fingerprint density at radius 2 is 1.69 bits per heavy atom. The third kappa shape index (κ3) is 5.94. The molecule has 0 aliphatic rings. The molecule has 0 aliphatic carbocycles. The molecule has 2 aromatic carbocycles. The highest BCUT2D eigenvalue weighted by molar-refractivity contribution is 9.10. The molecule has 3 atom stereocenters. The first-order valence-corrected chi connectivity index (χ1v) is 8.91. The molecule has 2 aromatic rings. The van der Waals surface area contributed by atoms with Gasteiger partial charge in [0.05, 0.1) is 0 Å². The lowest BCUT2D eigenvalue weighted by Crippen LogP contribution is -2.52. The quantitative estimate of drug-likeness (QED) is 0.516. The summed E-state index contributed by atoms with van der Waals surface area (Å²) in [5.41, 5.74) is 7.54. The Labute approximate surface area is 160 Å². The summed E-state index contributed by atoms with van der Waals surface area (Å²) in [5, 5.41) is 21.9. The van der Waals surface area contributed by atoms with Gasteiger partial charge in [-0.2, -0.15) is 0 Å². The van der Waals surface area contributed by atoms with Crippen molar-refractivity contribution in [1.82, 2.24) is 5.32 Å². The monoisotopic (exact) mass is 420 g/mol. The van der Waals surface area contributed by atoms with Crippen molar-refractivity contribution in [3.05, 3.63) is 70.2 Å². The number of amides is 1. The SMILES string of the molecule is N[C@H](Cc1ccccc1)[C@H](O)C(=O)N[C@@H](Cc1cccc(Br)c1)C(=O)O. The van der Waals surface area contributed by atoms with Gasteiger partial charge in [-0.05, 0) is 29.7 Å². The average Bonchev–Trinajstić information content (AvgIpc) is 2.61. The second-order valence-electron chi connectivity index (χ2n) is 6.03. The predicted molar refractivity (Wildman–Crippen MR) is 102 cm³/mol. The van der Waals surface area contributed by atoms with E-state index in [-0.39, 0.29) is 6.42 Å². The Balaban J connectivity index is 1.98. The van der Waals surface area contributed by atoms with Crippen molar-refractivity contribution in [2.75, 3.05) is 0 Å². The van der Waals surface area contributed by atoms with Crippen LogP contribution in [0, 0.1) is 0 Å². The van der Waals surface area contributed by atoms with Gasteiger partial charge in [-0.15, -0.1) is 0 Å². The minimum Gasteiger partial charge on any atom is -0.480 e. The van der Waals surface area contributed by atoms with Gasteiger partial charge in [0, 0.05) is 16.9 Å². The van der Waals surface area contributed by atoms with E-state index in [1.807, 2.05) is 36.4 Å². The van der Waals surface area contributed by atoms with Crippen molar-refractivity contribution in [1.29, 1.82) is 0 Å². The molecule has 0 heterocycles. The van der Waals surface area contributed by atoms with Crippen LogP contribution in [0.15, 0.2) is 59.1 Å². The van der Waals surface area contributed by atoms with E-state index < -0.39 is 30.1 Å². The van der Waals surface area contributed by atoms with Crippen LogP contribution < -0.4 is 11.1 Å². The van der Waals surface area contributed by atoms with Gasteiger partial charge in [-0.25, -0.2) is 4.79 Å². The van der Waals surface area contributed by atoms with Crippen LogP contribution in [0.4, 0.5) is 0 Å². The largest absolute Gasteiger partial charge is 0.480 e. The fourth-order valence-electron chi connectivity index (χ4n) is 2.55. The van der Waals surface area contributed by atoms with Crippen LogP contribution in [0.25, 0.3) is 0 Å². The molecular formula is C19H21BrN2O4. The summed E-state index contributed by atoms with van der Waals surface area (Å²) in [7, 11) is 0. The number of aliphatic carboxylic acids is 1.